The largest absolute Gasteiger partial charge is 0.462 e. The van der Waals surface area contributed by atoms with E-state index >= 15 is 0 Å². The lowest BCUT2D eigenvalue weighted by Gasteiger charge is -2.36. The summed E-state index contributed by atoms with van der Waals surface area (Å²) in [5.41, 5.74) is 0.428. The number of halogens is 1. The second kappa shape index (κ2) is 7.49. The number of esters is 1. The number of carbonyl (C=O) groups excluding carboxylic acids is 1. The number of nitrogens with zero attached hydrogens (tertiary/aromatic N) is 1. The Balaban J connectivity index is 2.06. The average Bonchev–Trinajstić information content (AvgIpc) is 2.47. The molecular weight excluding hydrogens is 316 g/mol. The van der Waals surface area contributed by atoms with Crippen molar-refractivity contribution in [3.63, 3.8) is 0 Å². The first-order valence-electron chi connectivity index (χ1n) is 8.12. The molecule has 2 N–H and O–H groups in total. The molecule has 6 heteroatoms. The summed E-state index contributed by atoms with van der Waals surface area (Å²) in [7, 11) is 0. The molecule has 0 unspecified atom stereocenters. The smallest absolute Gasteiger partial charge is 0.341 e. The second-order valence-corrected chi connectivity index (χ2v) is 7.01. The number of anilines is 1. The highest BCUT2D eigenvalue weighted by molar-refractivity contribution is 6.29. The Kier molecular flexibility index (Phi) is 5.87. The highest BCUT2D eigenvalue weighted by Gasteiger charge is 2.31. The Morgan fingerprint density at radius 1 is 1.43 bits per heavy atom. The lowest BCUT2D eigenvalue weighted by molar-refractivity contribution is -0.000391. The molecule has 0 aliphatic heterocycles. The van der Waals surface area contributed by atoms with Gasteiger partial charge in [0, 0.05) is 12.2 Å². The lowest BCUT2D eigenvalue weighted by atomic mass is 9.77. The van der Waals surface area contributed by atoms with Gasteiger partial charge in [0.2, 0.25) is 0 Å². The molecule has 1 aliphatic rings. The third kappa shape index (κ3) is 4.82. The third-order valence-electron chi connectivity index (χ3n) is 4.45. The maximum absolute atomic E-state index is 12.0. The number of aliphatic hydroxyl groups is 1. The minimum atomic E-state index is -0.638. The van der Waals surface area contributed by atoms with Gasteiger partial charge in [0.05, 0.1) is 17.9 Å². The van der Waals surface area contributed by atoms with Crippen LogP contribution in [0.15, 0.2) is 12.3 Å². The number of rotatable bonds is 5. The Hall–Kier alpha value is -1.33. The molecule has 0 spiro atoms. The van der Waals surface area contributed by atoms with Gasteiger partial charge in [-0.1, -0.05) is 11.6 Å². The van der Waals surface area contributed by atoms with E-state index in [9.17, 15) is 9.90 Å². The predicted octanol–water partition coefficient (Wildman–Crippen LogP) is 3.65. The Morgan fingerprint density at radius 2 is 2.09 bits per heavy atom. The van der Waals surface area contributed by atoms with E-state index < -0.39 is 11.6 Å². The summed E-state index contributed by atoms with van der Waals surface area (Å²) in [6.45, 7) is 5.82. The molecule has 1 aromatic heterocycles. The number of aromatic nitrogens is 1. The quantitative estimate of drug-likeness (QED) is 0.632. The molecule has 128 valence electrons. The van der Waals surface area contributed by atoms with Crippen LogP contribution in [0.2, 0.25) is 5.15 Å². The van der Waals surface area contributed by atoms with Crippen molar-refractivity contribution in [3.05, 3.63) is 23.0 Å². The minimum Gasteiger partial charge on any atom is -0.462 e. The molecule has 0 atom stereocenters. The summed E-state index contributed by atoms with van der Waals surface area (Å²) in [5.74, 6) is -0.0875. The highest BCUT2D eigenvalue weighted by Crippen LogP contribution is 2.34. The Labute approximate surface area is 142 Å². The summed E-state index contributed by atoms with van der Waals surface area (Å²) in [4.78, 5) is 16.0. The van der Waals surface area contributed by atoms with E-state index in [2.05, 4.69) is 10.3 Å². The van der Waals surface area contributed by atoms with Crippen LogP contribution < -0.4 is 5.32 Å². The molecule has 1 aliphatic carbocycles. The van der Waals surface area contributed by atoms with Crippen LogP contribution in [0.5, 0.6) is 0 Å². The predicted molar refractivity (Wildman–Crippen MR) is 90.9 cm³/mol. The number of hydrogen-bond donors (Lipinski definition) is 2. The van der Waals surface area contributed by atoms with E-state index in [1.54, 1.807) is 13.0 Å². The lowest BCUT2D eigenvalue weighted by Crippen LogP contribution is -2.37. The van der Waals surface area contributed by atoms with Gasteiger partial charge in [0.15, 0.2) is 0 Å². The van der Waals surface area contributed by atoms with E-state index in [1.807, 2.05) is 13.8 Å². The van der Waals surface area contributed by atoms with Crippen molar-refractivity contribution >= 4 is 23.3 Å². The minimum absolute atomic E-state index is 0.250. The van der Waals surface area contributed by atoms with Gasteiger partial charge >= 0.3 is 5.97 Å². The van der Waals surface area contributed by atoms with Crippen molar-refractivity contribution in [1.29, 1.82) is 0 Å². The molecule has 0 bridgehead atoms. The van der Waals surface area contributed by atoms with Crippen LogP contribution in [0, 0.1) is 5.92 Å². The number of nitrogens with one attached hydrogen (secondary N) is 1. The summed E-state index contributed by atoms with van der Waals surface area (Å²) in [6, 6.07) is 1.91. The maximum Gasteiger partial charge on any atom is 0.341 e. The molecule has 1 fully saturated rings. The van der Waals surface area contributed by atoms with Gasteiger partial charge in [-0.05, 0) is 58.4 Å². The van der Waals surface area contributed by atoms with E-state index in [0.717, 1.165) is 25.7 Å². The van der Waals surface area contributed by atoms with Crippen molar-refractivity contribution in [3.8, 4) is 0 Å². The molecule has 0 saturated heterocycles. The molecule has 2 rings (SSSR count). The Morgan fingerprint density at radius 3 is 2.65 bits per heavy atom. The summed E-state index contributed by atoms with van der Waals surface area (Å²) in [6.07, 6.45) is 5.24. The molecule has 5 nitrogen and oxygen atoms in total. The molecule has 0 radical (unpaired) electrons. The zero-order chi connectivity index (χ0) is 17.0. The summed E-state index contributed by atoms with van der Waals surface area (Å²) in [5, 5.41) is 13.9. The van der Waals surface area contributed by atoms with E-state index in [-0.39, 0.29) is 6.04 Å². The van der Waals surface area contributed by atoms with Gasteiger partial charge in [-0.2, -0.15) is 0 Å². The number of hydrogen-bond acceptors (Lipinski definition) is 5. The molecule has 1 aromatic rings. The molecular formula is C17H25ClN2O3. The summed E-state index contributed by atoms with van der Waals surface area (Å²) < 4.78 is 5.06. The van der Waals surface area contributed by atoms with Crippen molar-refractivity contribution in [1.82, 2.24) is 4.98 Å². The van der Waals surface area contributed by atoms with Gasteiger partial charge in [0.25, 0.3) is 0 Å². The third-order valence-corrected chi connectivity index (χ3v) is 4.66. The van der Waals surface area contributed by atoms with Crippen molar-refractivity contribution in [2.24, 2.45) is 5.92 Å². The fourth-order valence-electron chi connectivity index (χ4n) is 3.08. The normalized spacial score (nSPS) is 21.8. The Bertz CT molecular complexity index is 549. The first-order valence-corrected chi connectivity index (χ1v) is 8.50. The van der Waals surface area contributed by atoms with Crippen molar-refractivity contribution in [2.45, 2.75) is 58.1 Å². The second-order valence-electron chi connectivity index (χ2n) is 6.62. The van der Waals surface area contributed by atoms with Crippen LogP contribution in [-0.4, -0.2) is 34.3 Å². The zero-order valence-corrected chi connectivity index (χ0v) is 14.7. The number of ether oxygens (including phenoxy) is 1. The average molecular weight is 341 g/mol. The van der Waals surface area contributed by atoms with Gasteiger partial charge in [0.1, 0.15) is 10.7 Å². The van der Waals surface area contributed by atoms with Gasteiger partial charge in [-0.3, -0.25) is 0 Å². The van der Waals surface area contributed by atoms with Crippen LogP contribution in [0.1, 0.15) is 56.8 Å². The first-order chi connectivity index (χ1) is 10.8. The fraction of sp³-hybridized carbons (Fsp3) is 0.647. The summed E-state index contributed by atoms with van der Waals surface area (Å²) >= 11 is 5.96. The van der Waals surface area contributed by atoms with Crippen LogP contribution in [0.25, 0.3) is 0 Å². The number of carbonyl (C=O) groups is 1. The van der Waals surface area contributed by atoms with E-state index in [4.69, 9.17) is 16.3 Å². The molecule has 1 heterocycles. The topological polar surface area (TPSA) is 71.5 Å². The van der Waals surface area contributed by atoms with E-state index in [1.165, 1.54) is 6.20 Å². The van der Waals surface area contributed by atoms with Crippen molar-refractivity contribution in [2.75, 3.05) is 11.9 Å². The highest BCUT2D eigenvalue weighted by atomic mass is 35.5. The van der Waals surface area contributed by atoms with Gasteiger partial charge in [-0.15, -0.1) is 0 Å². The molecule has 1 saturated carbocycles. The van der Waals surface area contributed by atoms with Crippen LogP contribution in [0.4, 0.5) is 5.69 Å². The van der Waals surface area contributed by atoms with Crippen LogP contribution >= 0.6 is 11.6 Å². The molecule has 0 amide bonds. The van der Waals surface area contributed by atoms with Crippen LogP contribution in [-0.2, 0) is 4.74 Å². The standard InChI is InChI=1S/C17H25ClN2O3/c1-4-23-16(21)13-10-19-15(18)9-14(13)20-12-7-5-11(6-8-12)17(2,3)22/h9-12,22H,4-8H2,1-3H3,(H,19,20)/t11-,12-. The fourth-order valence-corrected chi connectivity index (χ4v) is 3.24. The van der Waals surface area contributed by atoms with Crippen LogP contribution in [0.3, 0.4) is 0 Å². The van der Waals surface area contributed by atoms with Crippen molar-refractivity contribution < 1.29 is 14.6 Å². The zero-order valence-electron chi connectivity index (χ0n) is 13.9. The van der Waals surface area contributed by atoms with Gasteiger partial charge in [-0.25, -0.2) is 9.78 Å². The molecule has 23 heavy (non-hydrogen) atoms. The van der Waals surface area contributed by atoms with E-state index in [0.29, 0.717) is 28.9 Å². The monoisotopic (exact) mass is 340 g/mol. The molecule has 0 aromatic carbocycles. The SMILES string of the molecule is CCOC(=O)c1cnc(Cl)cc1N[C@H]1CC[C@H](C(C)(C)O)CC1. The first kappa shape index (κ1) is 18.0. The number of pyridine rings is 1. The maximum atomic E-state index is 12.0. The van der Waals surface area contributed by atoms with Gasteiger partial charge < -0.3 is 15.2 Å².